The first-order valence-corrected chi connectivity index (χ1v) is 4.13. The minimum Gasteiger partial charge on any atom is -0.373 e. The molecular weight excluding hydrogens is 128 g/mol. The molecule has 0 amide bonds. The minimum absolute atomic E-state index is 0.0972. The third-order valence-electron chi connectivity index (χ3n) is 1.82. The predicted molar refractivity (Wildman–Crippen MR) is 38.4 cm³/mol. The summed E-state index contributed by atoms with van der Waals surface area (Å²) in [5.41, 5.74) is 0. The van der Waals surface area contributed by atoms with Gasteiger partial charge in [-0.3, -0.25) is 0 Å². The van der Waals surface area contributed by atoms with Gasteiger partial charge >= 0.3 is 0 Å². The Morgan fingerprint density at radius 3 is 2.50 bits per heavy atom. The highest BCUT2D eigenvalue weighted by Crippen LogP contribution is 2.17. The van der Waals surface area contributed by atoms with Crippen molar-refractivity contribution in [2.75, 3.05) is 13.2 Å². The summed E-state index contributed by atoms with van der Waals surface area (Å²) in [5.74, 6) is 0. The summed E-state index contributed by atoms with van der Waals surface area (Å²) >= 11 is 0. The van der Waals surface area contributed by atoms with Crippen LogP contribution in [0.25, 0.3) is 0 Å². The molecule has 1 atom stereocenters. The first kappa shape index (κ1) is 8.02. The quantitative estimate of drug-likeness (QED) is 0.412. The van der Waals surface area contributed by atoms with Gasteiger partial charge in [0.15, 0.2) is 0 Å². The molecule has 2 nitrogen and oxygen atoms in total. The van der Waals surface area contributed by atoms with E-state index < -0.39 is 0 Å². The molecule has 0 aromatic carbocycles. The van der Waals surface area contributed by atoms with Crippen molar-refractivity contribution in [3.8, 4) is 0 Å². The highest BCUT2D eigenvalue weighted by atomic mass is 16.6. The van der Waals surface area contributed by atoms with E-state index >= 15 is 0 Å². The van der Waals surface area contributed by atoms with Crippen LogP contribution in [-0.4, -0.2) is 19.3 Å². The van der Waals surface area contributed by atoms with Gasteiger partial charge in [0.2, 0.25) is 0 Å². The van der Waals surface area contributed by atoms with Crippen LogP contribution in [0.15, 0.2) is 0 Å². The van der Waals surface area contributed by atoms with Crippen molar-refractivity contribution >= 4 is 0 Å². The lowest BCUT2D eigenvalue weighted by molar-refractivity contribution is 0.185. The number of hydrogen-bond donors (Lipinski definition) is 0. The Bertz CT molecular complexity index is 79.3. The number of rotatable bonds is 6. The molecule has 1 aliphatic rings. The van der Waals surface area contributed by atoms with Gasteiger partial charge in [-0.1, -0.05) is 19.3 Å². The Morgan fingerprint density at radius 2 is 1.90 bits per heavy atom. The van der Waals surface area contributed by atoms with E-state index in [9.17, 15) is 5.11 Å². The third-order valence-corrected chi connectivity index (χ3v) is 1.82. The average molecular weight is 143 g/mol. The minimum atomic E-state index is 0.0972. The molecule has 1 saturated heterocycles. The maximum absolute atomic E-state index is 10.0. The molecule has 0 spiro atoms. The summed E-state index contributed by atoms with van der Waals surface area (Å²) in [7, 11) is 0. The normalized spacial score (nSPS) is 23.1. The van der Waals surface area contributed by atoms with Crippen molar-refractivity contribution in [2.45, 2.75) is 38.2 Å². The van der Waals surface area contributed by atoms with Crippen LogP contribution in [0, 0.1) is 0 Å². The fourth-order valence-electron chi connectivity index (χ4n) is 1.06. The summed E-state index contributed by atoms with van der Waals surface area (Å²) < 4.78 is 5.05. The lowest BCUT2D eigenvalue weighted by Gasteiger charge is -1.95. The molecule has 1 fully saturated rings. The first-order valence-electron chi connectivity index (χ1n) is 4.13. The highest BCUT2D eigenvalue weighted by molar-refractivity contribution is 4.67. The second-order valence-electron chi connectivity index (χ2n) is 2.86. The van der Waals surface area contributed by atoms with E-state index in [1.165, 1.54) is 19.3 Å². The largest absolute Gasteiger partial charge is 0.373 e. The summed E-state index contributed by atoms with van der Waals surface area (Å²) in [6, 6.07) is 0. The summed E-state index contributed by atoms with van der Waals surface area (Å²) in [5, 5.41) is 10.0. The standard InChI is InChI=1S/C8H15O2/c9-6-4-2-1-3-5-8-7-10-8/h8H,1-7H2. The zero-order valence-corrected chi connectivity index (χ0v) is 6.34. The SMILES string of the molecule is [O]CCCCCCC1CO1. The van der Waals surface area contributed by atoms with Gasteiger partial charge in [0, 0.05) is 0 Å². The van der Waals surface area contributed by atoms with Crippen LogP contribution in [-0.2, 0) is 9.84 Å². The maximum Gasteiger partial charge on any atom is 0.0822 e. The molecule has 0 aromatic heterocycles. The summed E-state index contributed by atoms with van der Waals surface area (Å²) in [6.07, 6.45) is 6.19. The molecule has 1 radical (unpaired) electrons. The lowest BCUT2D eigenvalue weighted by atomic mass is 10.1. The number of ether oxygens (including phenoxy) is 1. The van der Waals surface area contributed by atoms with Crippen LogP contribution in [0.3, 0.4) is 0 Å². The van der Waals surface area contributed by atoms with Crippen molar-refractivity contribution in [1.82, 2.24) is 0 Å². The zero-order chi connectivity index (χ0) is 7.23. The van der Waals surface area contributed by atoms with E-state index in [2.05, 4.69) is 0 Å². The first-order chi connectivity index (χ1) is 4.93. The van der Waals surface area contributed by atoms with Crippen LogP contribution in [0.5, 0.6) is 0 Å². The van der Waals surface area contributed by atoms with Gasteiger partial charge in [0.25, 0.3) is 0 Å². The van der Waals surface area contributed by atoms with Crippen LogP contribution < -0.4 is 0 Å². The van der Waals surface area contributed by atoms with Crippen LogP contribution >= 0.6 is 0 Å². The fraction of sp³-hybridized carbons (Fsp3) is 1.00. The zero-order valence-electron chi connectivity index (χ0n) is 6.34. The van der Waals surface area contributed by atoms with E-state index in [-0.39, 0.29) is 6.61 Å². The van der Waals surface area contributed by atoms with Gasteiger partial charge in [-0.2, -0.15) is 0 Å². The third kappa shape index (κ3) is 3.85. The number of unbranched alkanes of at least 4 members (excludes halogenated alkanes) is 3. The molecule has 1 rings (SSSR count). The van der Waals surface area contributed by atoms with Gasteiger partial charge < -0.3 is 4.74 Å². The van der Waals surface area contributed by atoms with Gasteiger partial charge in [-0.15, -0.1) is 0 Å². The molecule has 0 bridgehead atoms. The fourth-order valence-corrected chi connectivity index (χ4v) is 1.06. The number of epoxide rings is 1. The summed E-state index contributed by atoms with van der Waals surface area (Å²) in [6.45, 7) is 1.07. The molecule has 0 saturated carbocycles. The van der Waals surface area contributed by atoms with Gasteiger partial charge in [0.1, 0.15) is 0 Å². The molecule has 0 N–H and O–H groups in total. The van der Waals surface area contributed by atoms with Crippen LogP contribution in [0.1, 0.15) is 32.1 Å². The van der Waals surface area contributed by atoms with Crippen LogP contribution in [0.2, 0.25) is 0 Å². The molecule has 2 heteroatoms. The van der Waals surface area contributed by atoms with Crippen molar-refractivity contribution in [3.63, 3.8) is 0 Å². The highest BCUT2D eigenvalue weighted by Gasteiger charge is 2.20. The molecule has 10 heavy (non-hydrogen) atoms. The van der Waals surface area contributed by atoms with Crippen molar-refractivity contribution < 1.29 is 9.84 Å². The lowest BCUT2D eigenvalue weighted by Crippen LogP contribution is -1.86. The van der Waals surface area contributed by atoms with Crippen LogP contribution in [0.4, 0.5) is 0 Å². The Hall–Kier alpha value is -0.0800. The second kappa shape index (κ2) is 4.69. The molecule has 59 valence electrons. The van der Waals surface area contributed by atoms with E-state index in [0.717, 1.165) is 19.4 Å². The maximum atomic E-state index is 10.0. The van der Waals surface area contributed by atoms with E-state index in [4.69, 9.17) is 4.74 Å². The van der Waals surface area contributed by atoms with Crippen molar-refractivity contribution in [1.29, 1.82) is 0 Å². The van der Waals surface area contributed by atoms with Crippen molar-refractivity contribution in [2.24, 2.45) is 0 Å². The molecule has 1 heterocycles. The predicted octanol–water partition coefficient (Wildman–Crippen LogP) is 1.77. The Labute approximate surface area is 62.2 Å². The van der Waals surface area contributed by atoms with E-state index in [0.29, 0.717) is 6.10 Å². The molecule has 1 unspecified atom stereocenters. The monoisotopic (exact) mass is 143 g/mol. The molecule has 0 aromatic rings. The molecule has 1 aliphatic heterocycles. The van der Waals surface area contributed by atoms with Gasteiger partial charge in [0.05, 0.1) is 19.3 Å². The van der Waals surface area contributed by atoms with E-state index in [1.54, 1.807) is 0 Å². The second-order valence-corrected chi connectivity index (χ2v) is 2.86. The molecule has 0 aliphatic carbocycles. The Kier molecular flexibility index (Phi) is 3.76. The smallest absolute Gasteiger partial charge is 0.0822 e. The van der Waals surface area contributed by atoms with Gasteiger partial charge in [-0.25, -0.2) is 5.11 Å². The average Bonchev–Trinajstić information content (AvgIpc) is 2.71. The Morgan fingerprint density at radius 1 is 1.20 bits per heavy atom. The summed E-state index contributed by atoms with van der Waals surface area (Å²) in [4.78, 5) is 0. The number of hydrogen-bond acceptors (Lipinski definition) is 1. The Balaban J connectivity index is 1.68. The van der Waals surface area contributed by atoms with Gasteiger partial charge in [-0.05, 0) is 12.8 Å². The van der Waals surface area contributed by atoms with Crippen molar-refractivity contribution in [3.05, 3.63) is 0 Å². The molecular formula is C8H15O2. The van der Waals surface area contributed by atoms with E-state index in [1.807, 2.05) is 0 Å². The topological polar surface area (TPSA) is 32.4 Å².